The molecule has 0 aliphatic rings. The lowest BCUT2D eigenvalue weighted by atomic mass is 10.1. The van der Waals surface area contributed by atoms with E-state index in [4.69, 9.17) is 9.47 Å². The molecule has 0 spiro atoms. The van der Waals surface area contributed by atoms with Crippen molar-refractivity contribution < 1.29 is 19.1 Å². The third-order valence-electron chi connectivity index (χ3n) is 2.86. The van der Waals surface area contributed by atoms with E-state index in [-0.39, 0.29) is 12.6 Å². The van der Waals surface area contributed by atoms with Crippen LogP contribution in [0.3, 0.4) is 0 Å². The molecule has 0 saturated heterocycles. The number of ether oxygens (including phenoxy) is 2. The van der Waals surface area contributed by atoms with Crippen LogP contribution in [0.1, 0.15) is 25.8 Å². The fraction of sp³-hybridized carbons (Fsp3) is 0.375. The van der Waals surface area contributed by atoms with Gasteiger partial charge in [-0.25, -0.2) is 4.79 Å². The second-order valence-electron chi connectivity index (χ2n) is 4.65. The summed E-state index contributed by atoms with van der Waals surface area (Å²) in [5, 5.41) is 2.68. The number of amides is 1. The van der Waals surface area contributed by atoms with Crippen LogP contribution in [0.4, 0.5) is 4.79 Å². The van der Waals surface area contributed by atoms with Gasteiger partial charge in [0, 0.05) is 6.92 Å². The SMILES string of the molecule is C=CCC(NC(=O)OCc1ccccc1)C(C)OC(C)=O. The molecule has 1 aromatic carbocycles. The number of alkyl carbamates (subject to hydrolysis) is 1. The number of benzene rings is 1. The Balaban J connectivity index is 2.48. The lowest BCUT2D eigenvalue weighted by molar-refractivity contribution is -0.146. The number of hydrogen-bond acceptors (Lipinski definition) is 4. The predicted octanol–water partition coefficient (Wildman–Crippen LogP) is 2.81. The summed E-state index contributed by atoms with van der Waals surface area (Å²) in [6.45, 7) is 6.86. The second kappa shape index (κ2) is 8.79. The van der Waals surface area contributed by atoms with Gasteiger partial charge in [0.05, 0.1) is 6.04 Å². The molecule has 0 saturated carbocycles. The summed E-state index contributed by atoms with van der Waals surface area (Å²) in [4.78, 5) is 22.8. The molecule has 0 aliphatic heterocycles. The van der Waals surface area contributed by atoms with Crippen LogP contribution >= 0.6 is 0 Å². The summed E-state index contributed by atoms with van der Waals surface area (Å²) in [6.07, 6.45) is 1.13. The smallest absolute Gasteiger partial charge is 0.407 e. The molecule has 21 heavy (non-hydrogen) atoms. The van der Waals surface area contributed by atoms with Gasteiger partial charge in [-0.1, -0.05) is 36.4 Å². The van der Waals surface area contributed by atoms with Gasteiger partial charge in [0.25, 0.3) is 0 Å². The van der Waals surface area contributed by atoms with Gasteiger partial charge in [-0.05, 0) is 18.9 Å². The van der Waals surface area contributed by atoms with Crippen LogP contribution in [0.5, 0.6) is 0 Å². The molecule has 0 fully saturated rings. The largest absolute Gasteiger partial charge is 0.461 e. The van der Waals surface area contributed by atoms with Crippen molar-refractivity contribution in [1.29, 1.82) is 0 Å². The number of nitrogens with one attached hydrogen (secondary N) is 1. The predicted molar refractivity (Wildman–Crippen MR) is 79.6 cm³/mol. The van der Waals surface area contributed by atoms with Crippen molar-refractivity contribution in [2.45, 2.75) is 39.0 Å². The fourth-order valence-corrected chi connectivity index (χ4v) is 1.81. The quantitative estimate of drug-likeness (QED) is 0.619. The highest BCUT2D eigenvalue weighted by atomic mass is 16.6. The van der Waals surface area contributed by atoms with E-state index in [0.29, 0.717) is 6.42 Å². The molecule has 114 valence electrons. The standard InChI is InChI=1S/C16H21NO4/c1-4-8-15(12(2)21-13(3)18)17-16(19)20-11-14-9-6-5-7-10-14/h4-7,9-10,12,15H,1,8,11H2,2-3H3,(H,17,19). The zero-order chi connectivity index (χ0) is 15.7. The molecule has 1 rings (SSSR count). The summed E-state index contributed by atoms with van der Waals surface area (Å²) < 4.78 is 10.2. The summed E-state index contributed by atoms with van der Waals surface area (Å²) in [5.41, 5.74) is 0.904. The average Bonchev–Trinajstić information content (AvgIpc) is 2.45. The maximum Gasteiger partial charge on any atom is 0.407 e. The first-order valence-electron chi connectivity index (χ1n) is 6.78. The Kier molecular flexibility index (Phi) is 7.01. The summed E-state index contributed by atoms with van der Waals surface area (Å²) in [6, 6.07) is 9.02. The summed E-state index contributed by atoms with van der Waals surface area (Å²) in [7, 11) is 0. The van der Waals surface area contributed by atoms with Gasteiger partial charge in [0.2, 0.25) is 0 Å². The Hall–Kier alpha value is -2.30. The van der Waals surface area contributed by atoms with Gasteiger partial charge in [-0.2, -0.15) is 0 Å². The minimum absolute atomic E-state index is 0.190. The number of carbonyl (C=O) groups excluding carboxylic acids is 2. The van der Waals surface area contributed by atoms with E-state index in [2.05, 4.69) is 11.9 Å². The van der Waals surface area contributed by atoms with Crippen molar-refractivity contribution in [3.63, 3.8) is 0 Å². The lowest BCUT2D eigenvalue weighted by Crippen LogP contribution is -2.43. The summed E-state index contributed by atoms with van der Waals surface area (Å²) in [5.74, 6) is -0.393. The van der Waals surface area contributed by atoms with Crippen LogP contribution in [0, 0.1) is 0 Å². The molecule has 1 amide bonds. The highest BCUT2D eigenvalue weighted by Gasteiger charge is 2.21. The average molecular weight is 291 g/mol. The number of esters is 1. The van der Waals surface area contributed by atoms with Crippen LogP contribution in [0.25, 0.3) is 0 Å². The first-order chi connectivity index (χ1) is 10.0. The van der Waals surface area contributed by atoms with Gasteiger partial charge in [-0.3, -0.25) is 4.79 Å². The number of carbonyl (C=O) groups is 2. The maximum atomic E-state index is 11.8. The van der Waals surface area contributed by atoms with E-state index in [0.717, 1.165) is 5.56 Å². The first-order valence-corrected chi connectivity index (χ1v) is 6.78. The molecular weight excluding hydrogens is 270 g/mol. The molecule has 5 nitrogen and oxygen atoms in total. The van der Waals surface area contributed by atoms with Gasteiger partial charge >= 0.3 is 12.1 Å². The van der Waals surface area contributed by atoms with Gasteiger partial charge in [0.15, 0.2) is 0 Å². The molecule has 5 heteroatoms. The number of hydrogen-bond donors (Lipinski definition) is 1. The van der Waals surface area contributed by atoms with E-state index in [1.165, 1.54) is 6.92 Å². The Labute approximate surface area is 124 Å². The highest BCUT2D eigenvalue weighted by Crippen LogP contribution is 2.06. The van der Waals surface area contributed by atoms with Crippen LogP contribution in [0.15, 0.2) is 43.0 Å². The first kappa shape index (κ1) is 16.8. The summed E-state index contributed by atoms with van der Waals surface area (Å²) >= 11 is 0. The Morgan fingerprint density at radius 1 is 1.33 bits per heavy atom. The van der Waals surface area contributed by atoms with E-state index >= 15 is 0 Å². The fourth-order valence-electron chi connectivity index (χ4n) is 1.81. The van der Waals surface area contributed by atoms with Crippen molar-refractivity contribution in [3.8, 4) is 0 Å². The highest BCUT2D eigenvalue weighted by molar-refractivity contribution is 5.68. The van der Waals surface area contributed by atoms with Gasteiger partial charge < -0.3 is 14.8 Å². The third-order valence-corrected chi connectivity index (χ3v) is 2.86. The van der Waals surface area contributed by atoms with Crippen LogP contribution < -0.4 is 5.32 Å². The number of rotatable bonds is 7. The Morgan fingerprint density at radius 2 is 2.00 bits per heavy atom. The molecule has 0 bridgehead atoms. The van der Waals surface area contributed by atoms with Crippen LogP contribution in [0.2, 0.25) is 0 Å². The van der Waals surface area contributed by atoms with Crippen molar-refractivity contribution in [3.05, 3.63) is 48.6 Å². The van der Waals surface area contributed by atoms with Crippen molar-refractivity contribution in [1.82, 2.24) is 5.32 Å². The minimum atomic E-state index is -0.551. The van der Waals surface area contributed by atoms with Crippen LogP contribution in [-0.4, -0.2) is 24.2 Å². The molecule has 2 unspecified atom stereocenters. The molecule has 0 aromatic heterocycles. The third kappa shape index (κ3) is 6.61. The van der Waals surface area contributed by atoms with E-state index in [1.54, 1.807) is 13.0 Å². The molecular formula is C16H21NO4. The molecule has 2 atom stereocenters. The monoisotopic (exact) mass is 291 g/mol. The minimum Gasteiger partial charge on any atom is -0.461 e. The maximum absolute atomic E-state index is 11.8. The van der Waals surface area contributed by atoms with Crippen LogP contribution in [-0.2, 0) is 20.9 Å². The van der Waals surface area contributed by atoms with Crippen molar-refractivity contribution >= 4 is 12.1 Å². The van der Waals surface area contributed by atoms with Crippen molar-refractivity contribution in [2.75, 3.05) is 0 Å². The van der Waals surface area contributed by atoms with E-state index < -0.39 is 18.2 Å². The van der Waals surface area contributed by atoms with Gasteiger partial charge in [0.1, 0.15) is 12.7 Å². The molecule has 0 heterocycles. The van der Waals surface area contributed by atoms with E-state index in [9.17, 15) is 9.59 Å². The molecule has 1 aromatic rings. The molecule has 0 radical (unpaired) electrons. The molecule has 0 aliphatic carbocycles. The normalized spacial score (nSPS) is 12.9. The topological polar surface area (TPSA) is 64.6 Å². The zero-order valence-corrected chi connectivity index (χ0v) is 12.4. The zero-order valence-electron chi connectivity index (χ0n) is 12.4. The van der Waals surface area contributed by atoms with Crippen molar-refractivity contribution in [2.24, 2.45) is 0 Å². The lowest BCUT2D eigenvalue weighted by Gasteiger charge is -2.23. The Morgan fingerprint density at radius 3 is 2.57 bits per heavy atom. The second-order valence-corrected chi connectivity index (χ2v) is 4.65. The molecule has 1 N–H and O–H groups in total. The Bertz CT molecular complexity index is 472. The van der Waals surface area contributed by atoms with E-state index in [1.807, 2.05) is 30.3 Å². The van der Waals surface area contributed by atoms with Gasteiger partial charge in [-0.15, -0.1) is 6.58 Å².